The van der Waals surface area contributed by atoms with Gasteiger partial charge < -0.3 is 9.80 Å². The summed E-state index contributed by atoms with van der Waals surface area (Å²) in [4.78, 5) is 21.4. The van der Waals surface area contributed by atoms with E-state index in [0.29, 0.717) is 5.69 Å². The van der Waals surface area contributed by atoms with Gasteiger partial charge in [-0.3, -0.25) is 15.3 Å². The molecule has 26 heavy (non-hydrogen) atoms. The highest BCUT2D eigenvalue weighted by atomic mass is 16.5. The van der Waals surface area contributed by atoms with E-state index in [1.807, 2.05) is 17.4 Å². The number of likely N-dealkylation sites (tertiary alicyclic amines) is 1. The number of carbonyl (C=O) groups is 1. The molecule has 1 aliphatic rings. The minimum absolute atomic E-state index is 0.0753. The quantitative estimate of drug-likeness (QED) is 0.578. The molecule has 0 saturated carbocycles. The number of aromatic nitrogens is 2. The molecule has 1 aliphatic heterocycles. The molecule has 0 bridgehead atoms. The average Bonchev–Trinajstić information content (AvgIpc) is 3.15. The largest absolute Gasteiger partial charge is 0.329 e. The second-order valence-electron chi connectivity index (χ2n) is 6.45. The summed E-state index contributed by atoms with van der Waals surface area (Å²) in [5.41, 5.74) is 3.35. The Bertz CT molecular complexity index is 657. The van der Waals surface area contributed by atoms with Crippen molar-refractivity contribution in [1.82, 2.24) is 24.8 Å². The highest BCUT2D eigenvalue weighted by Gasteiger charge is 2.26. The molecular formula is C19H29N5O2. The molecule has 1 fully saturated rings. The minimum Gasteiger partial charge on any atom is -0.324 e. The lowest BCUT2D eigenvalue weighted by molar-refractivity contribution is 0.135. The van der Waals surface area contributed by atoms with Crippen LogP contribution in [0.2, 0.25) is 0 Å². The van der Waals surface area contributed by atoms with Crippen LogP contribution in [-0.2, 0) is 0 Å². The summed E-state index contributed by atoms with van der Waals surface area (Å²) in [6.07, 6.45) is 12.8. The second kappa shape index (κ2) is 9.94. The Morgan fingerprint density at radius 2 is 2.23 bits per heavy atom. The van der Waals surface area contributed by atoms with E-state index in [1.165, 1.54) is 23.5 Å². The van der Waals surface area contributed by atoms with Gasteiger partial charge in [-0.15, -0.1) is 0 Å². The molecule has 0 aromatic carbocycles. The lowest BCUT2D eigenvalue weighted by Crippen LogP contribution is -2.46. The van der Waals surface area contributed by atoms with E-state index in [9.17, 15) is 4.79 Å². The molecule has 1 amide bonds. The van der Waals surface area contributed by atoms with E-state index in [4.69, 9.17) is 5.21 Å². The number of nitrogens with zero attached hydrogens (tertiary/aromatic N) is 4. The van der Waals surface area contributed by atoms with Gasteiger partial charge in [0.2, 0.25) is 0 Å². The van der Waals surface area contributed by atoms with Crippen molar-refractivity contribution in [3.63, 3.8) is 0 Å². The summed E-state index contributed by atoms with van der Waals surface area (Å²) < 4.78 is 1.51. The molecule has 7 nitrogen and oxygen atoms in total. The van der Waals surface area contributed by atoms with Gasteiger partial charge >= 0.3 is 6.03 Å². The molecule has 0 atom stereocenters. The number of hydrogen-bond donors (Lipinski definition) is 2. The van der Waals surface area contributed by atoms with Crippen molar-refractivity contribution in [2.75, 3.05) is 26.7 Å². The summed E-state index contributed by atoms with van der Waals surface area (Å²) in [7, 11) is 1.86. The van der Waals surface area contributed by atoms with Crippen LogP contribution in [0.5, 0.6) is 0 Å². The highest BCUT2D eigenvalue weighted by molar-refractivity contribution is 5.79. The van der Waals surface area contributed by atoms with Crippen molar-refractivity contribution >= 4 is 11.6 Å². The molecule has 0 unspecified atom stereocenters. The second-order valence-corrected chi connectivity index (χ2v) is 6.45. The third kappa shape index (κ3) is 5.06. The van der Waals surface area contributed by atoms with Crippen LogP contribution in [0.15, 0.2) is 43.5 Å². The van der Waals surface area contributed by atoms with Crippen LogP contribution in [-0.4, -0.2) is 63.3 Å². The van der Waals surface area contributed by atoms with Gasteiger partial charge in [-0.1, -0.05) is 25.7 Å². The number of hydrogen-bond acceptors (Lipinski definition) is 5. The number of carbonyl (C=O) groups excluding carboxylic acids is 1. The van der Waals surface area contributed by atoms with Crippen molar-refractivity contribution in [3.05, 3.63) is 49.2 Å². The fourth-order valence-electron chi connectivity index (χ4n) is 3.21. The smallest absolute Gasteiger partial charge is 0.324 e. The van der Waals surface area contributed by atoms with Gasteiger partial charge in [0.25, 0.3) is 0 Å². The lowest BCUT2D eigenvalue weighted by Gasteiger charge is -2.36. The van der Waals surface area contributed by atoms with Gasteiger partial charge in [-0.2, -0.15) is 0 Å². The van der Waals surface area contributed by atoms with E-state index in [2.05, 4.69) is 23.4 Å². The van der Waals surface area contributed by atoms with E-state index < -0.39 is 0 Å². The minimum atomic E-state index is -0.0753. The highest BCUT2D eigenvalue weighted by Crippen LogP contribution is 2.18. The molecule has 1 aromatic heterocycles. The summed E-state index contributed by atoms with van der Waals surface area (Å²) in [6.45, 7) is 9.18. The van der Waals surface area contributed by atoms with Crippen LogP contribution in [0.25, 0.3) is 5.57 Å². The van der Waals surface area contributed by atoms with Gasteiger partial charge in [-0.05, 0) is 31.9 Å². The topological polar surface area (TPSA) is 73.6 Å². The molecule has 2 rings (SSSR count). The maximum absolute atomic E-state index is 12.8. The van der Waals surface area contributed by atoms with E-state index in [0.717, 1.165) is 38.0 Å². The van der Waals surface area contributed by atoms with Crippen LogP contribution in [0.3, 0.4) is 0 Å². The van der Waals surface area contributed by atoms with Gasteiger partial charge in [0, 0.05) is 44.1 Å². The SMILES string of the molecule is C=C/C(=C\C=C/NO)c1cn(C(=O)N(C)C2CCN(CCC)CC2)cn1. The van der Waals surface area contributed by atoms with Gasteiger partial charge in [0.15, 0.2) is 0 Å². The molecule has 2 heterocycles. The van der Waals surface area contributed by atoms with E-state index in [-0.39, 0.29) is 12.1 Å². The third-order valence-corrected chi connectivity index (χ3v) is 4.71. The van der Waals surface area contributed by atoms with Crippen LogP contribution in [0.1, 0.15) is 31.9 Å². The van der Waals surface area contributed by atoms with Crippen molar-refractivity contribution in [1.29, 1.82) is 0 Å². The zero-order valence-corrected chi connectivity index (χ0v) is 15.6. The molecule has 142 valence electrons. The first-order valence-electron chi connectivity index (χ1n) is 9.03. The number of imidazole rings is 1. The number of nitrogens with one attached hydrogen (secondary N) is 1. The monoisotopic (exact) mass is 359 g/mol. The van der Waals surface area contributed by atoms with Crippen molar-refractivity contribution in [2.24, 2.45) is 0 Å². The first-order chi connectivity index (χ1) is 12.6. The number of allylic oxidation sites excluding steroid dienone is 4. The van der Waals surface area contributed by atoms with Crippen molar-refractivity contribution in [2.45, 2.75) is 32.2 Å². The normalized spacial score (nSPS) is 16.8. The summed E-state index contributed by atoms with van der Waals surface area (Å²) in [5, 5.41) is 8.57. The number of piperidine rings is 1. The van der Waals surface area contributed by atoms with Gasteiger partial charge in [0.1, 0.15) is 6.33 Å². The standard InChI is InChI=1S/C19H29N5O2/c1-4-11-23-12-8-17(9-13-23)22(3)19(25)24-14-18(20-15-24)16(5-2)7-6-10-21-26/h5-7,10,14-15,17,21,26H,2,4,8-9,11-13H2,1,3H3/b10-6-,16-7+. The predicted molar refractivity (Wildman–Crippen MR) is 103 cm³/mol. The molecule has 1 aromatic rings. The Labute approximate surface area is 155 Å². The first-order valence-corrected chi connectivity index (χ1v) is 9.03. The van der Waals surface area contributed by atoms with Crippen LogP contribution in [0.4, 0.5) is 4.79 Å². The Balaban J connectivity index is 2.01. The molecule has 0 radical (unpaired) electrons. The summed E-state index contributed by atoms with van der Waals surface area (Å²) in [5.74, 6) is 0. The molecule has 2 N–H and O–H groups in total. The molecule has 0 spiro atoms. The number of amides is 1. The zero-order valence-electron chi connectivity index (χ0n) is 15.6. The molecule has 0 aliphatic carbocycles. The van der Waals surface area contributed by atoms with Crippen molar-refractivity contribution < 1.29 is 10.0 Å². The van der Waals surface area contributed by atoms with E-state index in [1.54, 1.807) is 24.4 Å². The lowest BCUT2D eigenvalue weighted by atomic mass is 10.0. The van der Waals surface area contributed by atoms with Crippen LogP contribution in [0, 0.1) is 0 Å². The number of hydroxylamine groups is 1. The Hall–Kier alpha value is -2.38. The number of rotatable bonds is 7. The summed E-state index contributed by atoms with van der Waals surface area (Å²) in [6, 6.07) is 0.183. The molecular weight excluding hydrogens is 330 g/mol. The Morgan fingerprint density at radius 1 is 1.50 bits per heavy atom. The fraction of sp³-hybridized carbons (Fsp3) is 0.474. The van der Waals surface area contributed by atoms with Crippen LogP contribution < -0.4 is 5.48 Å². The molecule has 1 saturated heterocycles. The maximum atomic E-state index is 12.8. The Kier molecular flexibility index (Phi) is 7.62. The predicted octanol–water partition coefficient (Wildman–Crippen LogP) is 2.72. The third-order valence-electron chi connectivity index (χ3n) is 4.71. The van der Waals surface area contributed by atoms with Gasteiger partial charge in [0.05, 0.1) is 5.69 Å². The van der Waals surface area contributed by atoms with Crippen LogP contribution >= 0.6 is 0 Å². The Morgan fingerprint density at radius 3 is 2.85 bits per heavy atom. The maximum Gasteiger partial charge on any atom is 0.329 e. The fourth-order valence-corrected chi connectivity index (χ4v) is 3.21. The first kappa shape index (κ1) is 19.9. The van der Waals surface area contributed by atoms with E-state index >= 15 is 0 Å². The molecule has 7 heteroatoms. The summed E-state index contributed by atoms with van der Waals surface area (Å²) >= 11 is 0. The van der Waals surface area contributed by atoms with Gasteiger partial charge in [-0.25, -0.2) is 9.78 Å². The zero-order chi connectivity index (χ0) is 18.9. The van der Waals surface area contributed by atoms with Crippen molar-refractivity contribution in [3.8, 4) is 0 Å². The average molecular weight is 359 g/mol.